The van der Waals surface area contributed by atoms with Crippen LogP contribution in [0.25, 0.3) is 0 Å². The van der Waals surface area contributed by atoms with Crippen LogP contribution >= 0.6 is 0 Å². The van der Waals surface area contributed by atoms with Crippen molar-refractivity contribution in [2.45, 2.75) is 32.7 Å². The molecule has 1 aromatic carbocycles. The van der Waals surface area contributed by atoms with Gasteiger partial charge in [0.05, 0.1) is 6.61 Å². The summed E-state index contributed by atoms with van der Waals surface area (Å²) in [5.74, 6) is 1.85. The first-order valence-corrected chi connectivity index (χ1v) is 7.42. The van der Waals surface area contributed by atoms with Crippen molar-refractivity contribution < 1.29 is 4.74 Å². The van der Waals surface area contributed by atoms with E-state index >= 15 is 0 Å². The van der Waals surface area contributed by atoms with Crippen molar-refractivity contribution in [3.05, 3.63) is 29.8 Å². The molecule has 1 aliphatic heterocycles. The van der Waals surface area contributed by atoms with Gasteiger partial charge in [-0.05, 0) is 44.3 Å². The van der Waals surface area contributed by atoms with Gasteiger partial charge >= 0.3 is 0 Å². The summed E-state index contributed by atoms with van der Waals surface area (Å²) in [5, 5.41) is 0. The van der Waals surface area contributed by atoms with Gasteiger partial charge in [0.1, 0.15) is 5.75 Å². The molecule has 106 valence electrons. The third-order valence-electron chi connectivity index (χ3n) is 3.95. The molecule has 0 aromatic heterocycles. The first-order valence-electron chi connectivity index (χ1n) is 7.42. The van der Waals surface area contributed by atoms with E-state index in [1.54, 1.807) is 0 Å². The molecule has 2 N–H and O–H groups in total. The molecule has 1 aromatic rings. The lowest BCUT2D eigenvalue weighted by Crippen LogP contribution is -2.34. The summed E-state index contributed by atoms with van der Waals surface area (Å²) >= 11 is 0. The predicted molar refractivity (Wildman–Crippen MR) is 79.3 cm³/mol. The first kappa shape index (κ1) is 14.4. The average Bonchev–Trinajstić information content (AvgIpc) is 2.46. The standard InChI is InChI=1S/C16H26N2O/c1-14-7-10-18(11-8-14)9-4-12-19-16-6-3-2-5-15(16)13-17/h2-3,5-6,14H,4,7-13,17H2,1H3. The molecule has 0 bridgehead atoms. The van der Waals surface area contributed by atoms with Crippen molar-refractivity contribution in [2.75, 3.05) is 26.2 Å². The van der Waals surface area contributed by atoms with Crippen LogP contribution in [0.4, 0.5) is 0 Å². The van der Waals surface area contributed by atoms with Crippen LogP contribution in [-0.4, -0.2) is 31.1 Å². The molecular formula is C16H26N2O. The van der Waals surface area contributed by atoms with Crippen LogP contribution in [0.1, 0.15) is 31.7 Å². The van der Waals surface area contributed by atoms with Crippen LogP contribution in [0.3, 0.4) is 0 Å². The Morgan fingerprint density at radius 2 is 2.00 bits per heavy atom. The maximum atomic E-state index is 5.83. The largest absolute Gasteiger partial charge is 0.493 e. The van der Waals surface area contributed by atoms with Gasteiger partial charge in [0.15, 0.2) is 0 Å². The molecule has 3 heteroatoms. The Morgan fingerprint density at radius 1 is 1.26 bits per heavy atom. The summed E-state index contributed by atoms with van der Waals surface area (Å²) in [4.78, 5) is 2.55. The van der Waals surface area contributed by atoms with Crippen molar-refractivity contribution in [3.8, 4) is 5.75 Å². The minimum atomic E-state index is 0.542. The fraction of sp³-hybridized carbons (Fsp3) is 0.625. The van der Waals surface area contributed by atoms with Gasteiger partial charge in [0.2, 0.25) is 0 Å². The number of piperidine rings is 1. The van der Waals surface area contributed by atoms with Crippen LogP contribution < -0.4 is 10.5 Å². The third kappa shape index (κ3) is 4.51. The van der Waals surface area contributed by atoms with E-state index in [9.17, 15) is 0 Å². The highest BCUT2D eigenvalue weighted by atomic mass is 16.5. The lowest BCUT2D eigenvalue weighted by atomic mass is 9.99. The zero-order valence-corrected chi connectivity index (χ0v) is 12.0. The number of para-hydroxylation sites is 1. The molecule has 0 saturated carbocycles. The van der Waals surface area contributed by atoms with Gasteiger partial charge in [-0.1, -0.05) is 25.1 Å². The van der Waals surface area contributed by atoms with Gasteiger partial charge in [0, 0.05) is 18.7 Å². The Morgan fingerprint density at radius 3 is 2.74 bits per heavy atom. The van der Waals surface area contributed by atoms with Crippen molar-refractivity contribution in [3.63, 3.8) is 0 Å². The minimum Gasteiger partial charge on any atom is -0.493 e. The van der Waals surface area contributed by atoms with Crippen LogP contribution in [0.2, 0.25) is 0 Å². The minimum absolute atomic E-state index is 0.542. The van der Waals surface area contributed by atoms with E-state index in [1.165, 1.54) is 25.9 Å². The smallest absolute Gasteiger partial charge is 0.123 e. The molecule has 0 aliphatic carbocycles. The Kier molecular flexibility index (Phi) is 5.67. The predicted octanol–water partition coefficient (Wildman–Crippen LogP) is 2.65. The fourth-order valence-electron chi connectivity index (χ4n) is 2.57. The molecule has 0 spiro atoms. The van der Waals surface area contributed by atoms with Crippen molar-refractivity contribution in [1.29, 1.82) is 0 Å². The summed E-state index contributed by atoms with van der Waals surface area (Å²) in [6, 6.07) is 8.04. The van der Waals surface area contributed by atoms with Crippen LogP contribution in [0.15, 0.2) is 24.3 Å². The summed E-state index contributed by atoms with van der Waals surface area (Å²) in [5.41, 5.74) is 6.79. The molecule has 0 amide bonds. The quantitative estimate of drug-likeness (QED) is 0.801. The summed E-state index contributed by atoms with van der Waals surface area (Å²) < 4.78 is 5.83. The normalized spacial score (nSPS) is 17.6. The molecule has 2 rings (SSSR count). The molecule has 1 heterocycles. The summed E-state index contributed by atoms with van der Waals surface area (Å²) in [7, 11) is 0. The number of hydrogen-bond acceptors (Lipinski definition) is 3. The number of nitrogens with two attached hydrogens (primary N) is 1. The number of hydrogen-bond donors (Lipinski definition) is 1. The SMILES string of the molecule is CC1CCN(CCCOc2ccccc2CN)CC1. The maximum Gasteiger partial charge on any atom is 0.123 e. The topological polar surface area (TPSA) is 38.5 Å². The second-order valence-electron chi connectivity index (χ2n) is 5.54. The third-order valence-corrected chi connectivity index (χ3v) is 3.95. The van der Waals surface area contributed by atoms with Gasteiger partial charge in [-0.15, -0.1) is 0 Å². The number of ether oxygens (including phenoxy) is 1. The first-order chi connectivity index (χ1) is 9.29. The summed E-state index contributed by atoms with van der Waals surface area (Å²) in [6.07, 6.45) is 3.78. The van der Waals surface area contributed by atoms with Crippen LogP contribution in [-0.2, 0) is 6.54 Å². The Balaban J connectivity index is 1.66. The van der Waals surface area contributed by atoms with Crippen molar-refractivity contribution in [1.82, 2.24) is 4.90 Å². The lowest BCUT2D eigenvalue weighted by Gasteiger charge is -2.30. The second-order valence-corrected chi connectivity index (χ2v) is 5.54. The average molecular weight is 262 g/mol. The highest BCUT2D eigenvalue weighted by Gasteiger charge is 2.14. The Bertz CT molecular complexity index is 373. The maximum absolute atomic E-state index is 5.83. The van der Waals surface area contributed by atoms with Crippen LogP contribution in [0, 0.1) is 5.92 Å². The number of rotatable bonds is 6. The van der Waals surface area contributed by atoms with Crippen LogP contribution in [0.5, 0.6) is 5.75 Å². The highest BCUT2D eigenvalue weighted by Crippen LogP contribution is 2.18. The molecule has 1 aliphatic rings. The monoisotopic (exact) mass is 262 g/mol. The van der Waals surface area contributed by atoms with E-state index in [-0.39, 0.29) is 0 Å². The van der Waals surface area contributed by atoms with Crippen molar-refractivity contribution in [2.24, 2.45) is 11.7 Å². The number of benzene rings is 1. The van der Waals surface area contributed by atoms with Gasteiger partial charge in [-0.25, -0.2) is 0 Å². The van der Waals surface area contributed by atoms with E-state index in [1.807, 2.05) is 24.3 Å². The molecular weight excluding hydrogens is 236 g/mol. The van der Waals surface area contributed by atoms with E-state index in [0.29, 0.717) is 6.54 Å². The highest BCUT2D eigenvalue weighted by molar-refractivity contribution is 5.32. The Labute approximate surface area is 116 Å². The fourth-order valence-corrected chi connectivity index (χ4v) is 2.57. The van der Waals surface area contributed by atoms with Gasteiger partial charge < -0.3 is 15.4 Å². The van der Waals surface area contributed by atoms with E-state index in [2.05, 4.69) is 11.8 Å². The Hall–Kier alpha value is -1.06. The molecule has 1 fully saturated rings. The summed E-state index contributed by atoms with van der Waals surface area (Å²) in [6.45, 7) is 7.33. The van der Waals surface area contributed by atoms with Crippen molar-refractivity contribution >= 4 is 0 Å². The van der Waals surface area contributed by atoms with Gasteiger partial charge in [-0.2, -0.15) is 0 Å². The molecule has 0 radical (unpaired) electrons. The van der Waals surface area contributed by atoms with Gasteiger partial charge in [-0.3, -0.25) is 0 Å². The molecule has 0 atom stereocenters. The number of nitrogens with zero attached hydrogens (tertiary/aromatic N) is 1. The van der Waals surface area contributed by atoms with E-state index < -0.39 is 0 Å². The molecule has 0 unspecified atom stereocenters. The molecule has 3 nitrogen and oxygen atoms in total. The molecule has 19 heavy (non-hydrogen) atoms. The lowest BCUT2D eigenvalue weighted by molar-refractivity contribution is 0.177. The van der Waals surface area contributed by atoms with E-state index in [0.717, 1.165) is 36.8 Å². The second kappa shape index (κ2) is 7.51. The number of likely N-dealkylation sites (tertiary alicyclic amines) is 1. The zero-order chi connectivity index (χ0) is 13.5. The molecule has 1 saturated heterocycles. The van der Waals surface area contributed by atoms with Gasteiger partial charge in [0.25, 0.3) is 0 Å². The zero-order valence-electron chi connectivity index (χ0n) is 12.0. The van der Waals surface area contributed by atoms with E-state index in [4.69, 9.17) is 10.5 Å².